The molecule has 9 heteroatoms. The van der Waals surface area contributed by atoms with Crippen molar-refractivity contribution in [3.63, 3.8) is 0 Å². The molecule has 1 aromatic heterocycles. The fourth-order valence-electron chi connectivity index (χ4n) is 2.03. The summed E-state index contributed by atoms with van der Waals surface area (Å²) in [5, 5.41) is 3.32. The Labute approximate surface area is 135 Å². The first-order valence-corrected chi connectivity index (χ1v) is 6.87. The monoisotopic (exact) mass is 345 g/mol. The van der Waals surface area contributed by atoms with Crippen molar-refractivity contribution >= 4 is 5.91 Å². The number of hydrogen-bond acceptors (Lipinski definition) is 3. The van der Waals surface area contributed by atoms with Crippen LogP contribution in [-0.4, -0.2) is 34.7 Å². The van der Waals surface area contributed by atoms with Gasteiger partial charge in [-0.1, -0.05) is 6.07 Å². The van der Waals surface area contributed by atoms with Gasteiger partial charge in [0, 0.05) is 19.8 Å². The molecule has 0 spiro atoms. The molecule has 0 atom stereocenters. The van der Waals surface area contributed by atoms with Crippen LogP contribution in [0.1, 0.15) is 11.3 Å². The second-order valence-electron chi connectivity index (χ2n) is 5.12. The van der Waals surface area contributed by atoms with Gasteiger partial charge < -0.3 is 9.64 Å². The first-order chi connectivity index (χ1) is 11.2. The summed E-state index contributed by atoms with van der Waals surface area (Å²) in [7, 11) is 2.81. The van der Waals surface area contributed by atoms with Gasteiger partial charge in [-0.05, 0) is 23.8 Å². The number of carbonyl (C=O) groups is 1. The lowest BCUT2D eigenvalue weighted by molar-refractivity contribution is -0.142. The van der Waals surface area contributed by atoms with Gasteiger partial charge >= 0.3 is 6.18 Å². The quantitative estimate of drug-likeness (QED) is 0.783. The van der Waals surface area contributed by atoms with Crippen LogP contribution < -0.4 is 4.74 Å². The minimum absolute atomic E-state index is 0.0870. The molecule has 130 valence electrons. The molecule has 0 N–H and O–H groups in total. The lowest BCUT2D eigenvalue weighted by Crippen LogP contribution is -2.30. The molecule has 5 nitrogen and oxygen atoms in total. The van der Waals surface area contributed by atoms with Gasteiger partial charge in [-0.25, -0.2) is 4.39 Å². The van der Waals surface area contributed by atoms with Crippen molar-refractivity contribution < 1.29 is 27.1 Å². The highest BCUT2D eigenvalue weighted by atomic mass is 19.4. The van der Waals surface area contributed by atoms with E-state index in [0.717, 1.165) is 16.9 Å². The first-order valence-electron chi connectivity index (χ1n) is 6.87. The number of likely N-dealkylation sites (N-methyl/N-ethyl adjacent to an activating group) is 1. The summed E-state index contributed by atoms with van der Waals surface area (Å²) in [5.41, 5.74) is -0.532. The largest absolute Gasteiger partial charge is 0.494 e. The molecule has 0 aliphatic heterocycles. The SMILES string of the molecule is COc1ccc(CN(C)C(=O)Cn2ccc(C(F)(F)F)n2)cc1F. The molecular weight excluding hydrogens is 330 g/mol. The zero-order valence-corrected chi connectivity index (χ0v) is 13.0. The molecule has 1 amide bonds. The Balaban J connectivity index is 1.99. The third-order valence-electron chi connectivity index (χ3n) is 3.29. The second kappa shape index (κ2) is 6.90. The number of amides is 1. The van der Waals surface area contributed by atoms with Crippen LogP contribution in [0.15, 0.2) is 30.5 Å². The van der Waals surface area contributed by atoms with Crippen molar-refractivity contribution in [1.29, 1.82) is 0 Å². The van der Waals surface area contributed by atoms with E-state index in [0.29, 0.717) is 5.56 Å². The van der Waals surface area contributed by atoms with Gasteiger partial charge in [-0.3, -0.25) is 9.48 Å². The summed E-state index contributed by atoms with van der Waals surface area (Å²) in [4.78, 5) is 13.3. The minimum atomic E-state index is -4.55. The van der Waals surface area contributed by atoms with Crippen LogP contribution in [0.4, 0.5) is 17.6 Å². The molecule has 1 aromatic carbocycles. The normalized spacial score (nSPS) is 11.4. The lowest BCUT2D eigenvalue weighted by Gasteiger charge is -2.17. The van der Waals surface area contributed by atoms with E-state index in [9.17, 15) is 22.4 Å². The number of alkyl halides is 3. The van der Waals surface area contributed by atoms with Gasteiger partial charge in [0.15, 0.2) is 17.3 Å². The van der Waals surface area contributed by atoms with Gasteiger partial charge in [0.05, 0.1) is 7.11 Å². The summed E-state index contributed by atoms with van der Waals surface area (Å²) < 4.78 is 56.7. The van der Waals surface area contributed by atoms with Crippen LogP contribution in [0, 0.1) is 5.82 Å². The molecule has 24 heavy (non-hydrogen) atoms. The van der Waals surface area contributed by atoms with Crippen molar-refractivity contribution in [2.75, 3.05) is 14.2 Å². The molecule has 0 aliphatic rings. The maximum Gasteiger partial charge on any atom is 0.435 e. The van der Waals surface area contributed by atoms with Crippen LogP contribution in [0.5, 0.6) is 5.75 Å². The highest BCUT2D eigenvalue weighted by Crippen LogP contribution is 2.27. The third kappa shape index (κ3) is 4.24. The Hall–Kier alpha value is -2.58. The average molecular weight is 345 g/mol. The zero-order chi connectivity index (χ0) is 17.9. The van der Waals surface area contributed by atoms with E-state index in [1.165, 1.54) is 31.2 Å². The summed E-state index contributed by atoms with van der Waals surface area (Å²) in [6, 6.07) is 5.07. The van der Waals surface area contributed by atoms with Crippen molar-refractivity contribution in [2.24, 2.45) is 0 Å². The first kappa shape index (κ1) is 17.8. The molecule has 0 bridgehead atoms. The zero-order valence-electron chi connectivity index (χ0n) is 13.0. The van der Waals surface area contributed by atoms with E-state index in [1.807, 2.05) is 0 Å². The summed E-state index contributed by atoms with van der Waals surface area (Å²) in [6.45, 7) is -0.238. The van der Waals surface area contributed by atoms with E-state index in [2.05, 4.69) is 5.10 Å². The number of aromatic nitrogens is 2. The number of halogens is 4. The van der Waals surface area contributed by atoms with Gasteiger partial charge in [-0.2, -0.15) is 18.3 Å². The molecular formula is C15H15F4N3O2. The Morgan fingerprint density at radius 3 is 2.58 bits per heavy atom. The average Bonchev–Trinajstić information content (AvgIpc) is 2.96. The van der Waals surface area contributed by atoms with Crippen LogP contribution in [-0.2, 0) is 24.1 Å². The number of rotatable bonds is 5. The third-order valence-corrected chi connectivity index (χ3v) is 3.29. The van der Waals surface area contributed by atoms with Crippen LogP contribution in [0.3, 0.4) is 0 Å². The van der Waals surface area contributed by atoms with Gasteiger partial charge in [0.2, 0.25) is 5.91 Å². The Morgan fingerprint density at radius 2 is 2.04 bits per heavy atom. The summed E-state index contributed by atoms with van der Waals surface area (Å²) in [5.74, 6) is -0.926. The molecule has 1 heterocycles. The number of hydrogen-bond donors (Lipinski definition) is 0. The van der Waals surface area contributed by atoms with Crippen molar-refractivity contribution in [2.45, 2.75) is 19.3 Å². The molecule has 2 aromatic rings. The molecule has 0 saturated heterocycles. The fraction of sp³-hybridized carbons (Fsp3) is 0.333. The fourth-order valence-corrected chi connectivity index (χ4v) is 2.03. The number of methoxy groups -OCH3 is 1. The predicted molar refractivity (Wildman–Crippen MR) is 76.7 cm³/mol. The molecule has 0 unspecified atom stereocenters. The van der Waals surface area contributed by atoms with Crippen LogP contribution in [0.2, 0.25) is 0 Å². The Bertz CT molecular complexity index is 728. The van der Waals surface area contributed by atoms with Gasteiger partial charge in [0.25, 0.3) is 0 Å². The molecule has 0 fully saturated rings. The maximum absolute atomic E-state index is 13.6. The number of benzene rings is 1. The predicted octanol–water partition coefficient (Wildman–Crippen LogP) is 2.71. The second-order valence-corrected chi connectivity index (χ2v) is 5.12. The van der Waals surface area contributed by atoms with Crippen molar-refractivity contribution in [1.82, 2.24) is 14.7 Å². The molecule has 0 radical (unpaired) electrons. The maximum atomic E-state index is 13.6. The van der Waals surface area contributed by atoms with E-state index in [4.69, 9.17) is 4.74 Å². The number of nitrogens with zero attached hydrogens (tertiary/aromatic N) is 3. The number of ether oxygens (including phenoxy) is 1. The molecule has 0 aliphatic carbocycles. The Morgan fingerprint density at radius 1 is 1.33 bits per heavy atom. The topological polar surface area (TPSA) is 47.4 Å². The van der Waals surface area contributed by atoms with Crippen LogP contribution >= 0.6 is 0 Å². The van der Waals surface area contributed by atoms with Crippen LogP contribution in [0.25, 0.3) is 0 Å². The molecule has 2 rings (SSSR count). The van der Waals surface area contributed by atoms with E-state index in [-0.39, 0.29) is 18.8 Å². The highest BCUT2D eigenvalue weighted by Gasteiger charge is 2.33. The minimum Gasteiger partial charge on any atom is -0.494 e. The summed E-state index contributed by atoms with van der Waals surface area (Å²) >= 11 is 0. The smallest absolute Gasteiger partial charge is 0.435 e. The highest BCUT2D eigenvalue weighted by molar-refractivity contribution is 5.75. The summed E-state index contributed by atoms with van der Waals surface area (Å²) in [6.07, 6.45) is -3.47. The Kier molecular flexibility index (Phi) is 5.10. The van der Waals surface area contributed by atoms with E-state index in [1.54, 1.807) is 6.07 Å². The van der Waals surface area contributed by atoms with Crippen molar-refractivity contribution in [3.05, 3.63) is 47.5 Å². The number of carbonyl (C=O) groups excluding carboxylic acids is 1. The van der Waals surface area contributed by atoms with E-state index >= 15 is 0 Å². The molecule has 0 saturated carbocycles. The van der Waals surface area contributed by atoms with E-state index < -0.39 is 23.6 Å². The lowest BCUT2D eigenvalue weighted by atomic mass is 10.2. The standard InChI is InChI=1S/C15H15F4N3O2/c1-21(8-10-3-4-12(24-2)11(16)7-10)14(23)9-22-6-5-13(20-22)15(17,18)19/h3-7H,8-9H2,1-2H3. The van der Waals surface area contributed by atoms with Gasteiger partial charge in [-0.15, -0.1) is 0 Å². The van der Waals surface area contributed by atoms with Crippen molar-refractivity contribution in [3.8, 4) is 5.75 Å². The van der Waals surface area contributed by atoms with Gasteiger partial charge in [0.1, 0.15) is 6.54 Å².